The minimum atomic E-state index is -0.427. The van der Waals surface area contributed by atoms with E-state index < -0.39 is 6.04 Å². The van der Waals surface area contributed by atoms with E-state index in [1.807, 2.05) is 60.7 Å². The molecule has 0 aliphatic carbocycles. The Hall–Kier alpha value is -2.37. The van der Waals surface area contributed by atoms with Gasteiger partial charge < -0.3 is 20.5 Å². The highest BCUT2D eigenvalue weighted by atomic mass is 16.5. The molecule has 3 rings (SSSR count). The van der Waals surface area contributed by atoms with Crippen molar-refractivity contribution in [2.75, 3.05) is 13.2 Å². The number of aliphatic hydroxyl groups is 1. The number of amides is 2. The quantitative estimate of drug-likeness (QED) is 0.791. The van der Waals surface area contributed by atoms with Gasteiger partial charge in [-0.2, -0.15) is 0 Å². The van der Waals surface area contributed by atoms with Crippen LogP contribution in [0.4, 0.5) is 4.79 Å². The number of carbonyl (C=O) groups excluding carboxylic acids is 1. The Kier molecular flexibility index (Phi) is 5.46. The van der Waals surface area contributed by atoms with Crippen LogP contribution in [0.5, 0.6) is 0 Å². The number of carbonyl (C=O) groups is 1. The largest absolute Gasteiger partial charge is 0.394 e. The summed E-state index contributed by atoms with van der Waals surface area (Å²) in [6.07, 6.45) is 0.628. The van der Waals surface area contributed by atoms with Gasteiger partial charge in [0.1, 0.15) is 6.10 Å². The molecule has 3 atom stereocenters. The van der Waals surface area contributed by atoms with Gasteiger partial charge in [-0.3, -0.25) is 0 Å². The second-order valence-electron chi connectivity index (χ2n) is 5.86. The maximum atomic E-state index is 12.3. The van der Waals surface area contributed by atoms with E-state index in [2.05, 4.69) is 10.6 Å². The average Bonchev–Trinajstić information content (AvgIpc) is 3.09. The van der Waals surface area contributed by atoms with Crippen molar-refractivity contribution in [3.05, 3.63) is 71.8 Å². The summed E-state index contributed by atoms with van der Waals surface area (Å²) in [7, 11) is 0. The van der Waals surface area contributed by atoms with Crippen LogP contribution >= 0.6 is 0 Å². The third-order valence-corrected chi connectivity index (χ3v) is 4.23. The lowest BCUT2D eigenvalue weighted by atomic mass is 10.0. The summed E-state index contributed by atoms with van der Waals surface area (Å²) in [5.41, 5.74) is 1.93. The minimum Gasteiger partial charge on any atom is -0.394 e. The SMILES string of the molecule is O=C(N[C@H](CO)c1ccccc1)N[C@@H]1CCO[C@@H]1c1ccccc1. The van der Waals surface area contributed by atoms with Crippen molar-refractivity contribution >= 4 is 6.03 Å². The van der Waals surface area contributed by atoms with Crippen LogP contribution in [-0.4, -0.2) is 30.4 Å². The fourth-order valence-electron chi connectivity index (χ4n) is 3.00. The zero-order valence-corrected chi connectivity index (χ0v) is 13.4. The topological polar surface area (TPSA) is 70.6 Å². The Morgan fingerprint density at radius 1 is 1.12 bits per heavy atom. The number of aliphatic hydroxyl groups excluding tert-OH is 1. The van der Waals surface area contributed by atoms with Gasteiger partial charge in [0.15, 0.2) is 0 Å². The molecule has 0 radical (unpaired) electrons. The van der Waals surface area contributed by atoms with Crippen LogP contribution in [0.3, 0.4) is 0 Å². The van der Waals surface area contributed by atoms with Gasteiger partial charge in [-0.05, 0) is 17.5 Å². The lowest BCUT2D eigenvalue weighted by Crippen LogP contribution is -2.45. The van der Waals surface area contributed by atoms with Crippen molar-refractivity contribution in [1.82, 2.24) is 10.6 Å². The van der Waals surface area contributed by atoms with Crippen LogP contribution < -0.4 is 10.6 Å². The van der Waals surface area contributed by atoms with Gasteiger partial charge in [0, 0.05) is 6.61 Å². The molecule has 0 unspecified atom stereocenters. The van der Waals surface area contributed by atoms with E-state index in [1.54, 1.807) is 0 Å². The zero-order valence-electron chi connectivity index (χ0n) is 13.4. The number of benzene rings is 2. The first kappa shape index (κ1) is 16.5. The van der Waals surface area contributed by atoms with Gasteiger partial charge in [0.2, 0.25) is 0 Å². The molecule has 24 heavy (non-hydrogen) atoms. The van der Waals surface area contributed by atoms with E-state index in [-0.39, 0.29) is 24.8 Å². The summed E-state index contributed by atoms with van der Waals surface area (Å²) < 4.78 is 5.78. The Morgan fingerprint density at radius 2 is 1.79 bits per heavy atom. The standard InChI is InChI=1S/C19H22N2O3/c22-13-17(14-7-3-1-4-8-14)21-19(23)20-16-11-12-24-18(16)15-9-5-2-6-10-15/h1-10,16-18,22H,11-13H2,(H2,20,21,23)/t16-,17-,18-/m1/s1. The van der Waals surface area contributed by atoms with E-state index in [0.717, 1.165) is 17.5 Å². The number of urea groups is 1. The fraction of sp³-hybridized carbons (Fsp3) is 0.316. The smallest absolute Gasteiger partial charge is 0.315 e. The summed E-state index contributed by atoms with van der Waals surface area (Å²) in [5, 5.41) is 15.4. The monoisotopic (exact) mass is 326 g/mol. The van der Waals surface area contributed by atoms with Crippen LogP contribution in [0.15, 0.2) is 60.7 Å². The molecule has 0 spiro atoms. The van der Waals surface area contributed by atoms with Crippen molar-refractivity contribution in [3.8, 4) is 0 Å². The predicted molar refractivity (Wildman–Crippen MR) is 91.5 cm³/mol. The molecule has 1 heterocycles. The average molecular weight is 326 g/mol. The molecule has 1 aliphatic rings. The molecular formula is C19H22N2O3. The van der Waals surface area contributed by atoms with Crippen molar-refractivity contribution < 1.29 is 14.6 Å². The Labute approximate surface area is 141 Å². The highest BCUT2D eigenvalue weighted by Crippen LogP contribution is 2.28. The number of hydrogen-bond donors (Lipinski definition) is 3. The van der Waals surface area contributed by atoms with Crippen molar-refractivity contribution in [3.63, 3.8) is 0 Å². The Morgan fingerprint density at radius 3 is 2.46 bits per heavy atom. The van der Waals surface area contributed by atoms with Crippen LogP contribution in [0.1, 0.15) is 29.7 Å². The summed E-state index contributed by atoms with van der Waals surface area (Å²) in [6, 6.07) is 18.5. The maximum absolute atomic E-state index is 12.3. The molecule has 2 amide bonds. The highest BCUT2D eigenvalue weighted by Gasteiger charge is 2.31. The first-order valence-corrected chi connectivity index (χ1v) is 8.17. The first-order chi connectivity index (χ1) is 11.8. The summed E-state index contributed by atoms with van der Waals surface area (Å²) >= 11 is 0. The third kappa shape index (κ3) is 3.93. The van der Waals surface area contributed by atoms with Crippen LogP contribution in [-0.2, 0) is 4.74 Å². The lowest BCUT2D eigenvalue weighted by Gasteiger charge is -2.23. The molecule has 5 nitrogen and oxygen atoms in total. The normalized spacial score (nSPS) is 21.2. The molecule has 2 aromatic rings. The Bertz CT molecular complexity index is 648. The minimum absolute atomic E-state index is 0.0810. The molecule has 3 N–H and O–H groups in total. The van der Waals surface area contributed by atoms with E-state index in [4.69, 9.17) is 4.74 Å². The highest BCUT2D eigenvalue weighted by molar-refractivity contribution is 5.75. The van der Waals surface area contributed by atoms with Gasteiger partial charge in [-0.1, -0.05) is 60.7 Å². The Balaban J connectivity index is 1.61. The summed E-state index contributed by atoms with van der Waals surface area (Å²) in [4.78, 5) is 12.3. The number of nitrogens with one attached hydrogen (secondary N) is 2. The van der Waals surface area contributed by atoms with Crippen molar-refractivity contribution in [1.29, 1.82) is 0 Å². The van der Waals surface area contributed by atoms with Crippen LogP contribution in [0, 0.1) is 0 Å². The van der Waals surface area contributed by atoms with E-state index in [1.165, 1.54) is 0 Å². The van der Waals surface area contributed by atoms with E-state index >= 15 is 0 Å². The van der Waals surface area contributed by atoms with Crippen LogP contribution in [0.2, 0.25) is 0 Å². The molecule has 5 heteroatoms. The summed E-state index contributed by atoms with van der Waals surface area (Å²) in [6.45, 7) is 0.466. The van der Waals surface area contributed by atoms with E-state index in [0.29, 0.717) is 6.61 Å². The fourth-order valence-corrected chi connectivity index (χ4v) is 3.00. The van der Waals surface area contributed by atoms with Crippen molar-refractivity contribution in [2.45, 2.75) is 24.6 Å². The second-order valence-corrected chi connectivity index (χ2v) is 5.86. The maximum Gasteiger partial charge on any atom is 0.315 e. The molecule has 0 bridgehead atoms. The first-order valence-electron chi connectivity index (χ1n) is 8.17. The number of ether oxygens (including phenoxy) is 1. The molecule has 126 valence electrons. The van der Waals surface area contributed by atoms with Gasteiger partial charge in [0.25, 0.3) is 0 Å². The molecule has 1 saturated heterocycles. The molecule has 1 fully saturated rings. The summed E-state index contributed by atoms with van der Waals surface area (Å²) in [5.74, 6) is 0. The molecule has 1 aliphatic heterocycles. The second kappa shape index (κ2) is 7.95. The molecule has 0 aromatic heterocycles. The van der Waals surface area contributed by atoms with E-state index in [9.17, 15) is 9.90 Å². The molecule has 0 saturated carbocycles. The van der Waals surface area contributed by atoms with Gasteiger partial charge in [0.05, 0.1) is 18.7 Å². The van der Waals surface area contributed by atoms with Gasteiger partial charge >= 0.3 is 6.03 Å². The van der Waals surface area contributed by atoms with Gasteiger partial charge in [-0.15, -0.1) is 0 Å². The number of hydrogen-bond acceptors (Lipinski definition) is 3. The molecular weight excluding hydrogens is 304 g/mol. The predicted octanol–water partition coefficient (Wildman–Crippen LogP) is 2.55. The zero-order chi connectivity index (χ0) is 16.8. The van der Waals surface area contributed by atoms with Crippen LogP contribution in [0.25, 0.3) is 0 Å². The molecule has 2 aromatic carbocycles. The van der Waals surface area contributed by atoms with Gasteiger partial charge in [-0.25, -0.2) is 4.79 Å². The van der Waals surface area contributed by atoms with Crippen molar-refractivity contribution in [2.24, 2.45) is 0 Å². The lowest BCUT2D eigenvalue weighted by molar-refractivity contribution is 0.0996. The number of rotatable bonds is 5. The third-order valence-electron chi connectivity index (χ3n) is 4.23.